The standard InChI is InChI=1S/C16H21ClN2O/c1-2-14-16(20)19(10-9-11-3-4-11)15(18-14)12-5-7-13(17)8-6-12/h5-8,11,14-15,18H,2-4,9-10H2,1H3. The van der Waals surface area contributed by atoms with E-state index in [9.17, 15) is 4.79 Å². The third-order valence-corrected chi connectivity index (χ3v) is 4.57. The third-order valence-electron chi connectivity index (χ3n) is 4.32. The fraction of sp³-hybridized carbons (Fsp3) is 0.562. The van der Waals surface area contributed by atoms with Crippen LogP contribution in [0.3, 0.4) is 0 Å². The minimum absolute atomic E-state index is 0.00321. The van der Waals surface area contributed by atoms with Crippen molar-refractivity contribution in [2.45, 2.75) is 44.8 Å². The van der Waals surface area contributed by atoms with Gasteiger partial charge >= 0.3 is 0 Å². The molecular weight excluding hydrogens is 272 g/mol. The number of amides is 1. The lowest BCUT2D eigenvalue weighted by Crippen LogP contribution is -2.32. The van der Waals surface area contributed by atoms with Crippen LogP contribution in [0.2, 0.25) is 5.02 Å². The normalized spacial score (nSPS) is 26.3. The fourth-order valence-electron chi connectivity index (χ4n) is 2.86. The summed E-state index contributed by atoms with van der Waals surface area (Å²) in [6.45, 7) is 2.92. The van der Waals surface area contributed by atoms with Crippen molar-refractivity contribution in [1.29, 1.82) is 0 Å². The molecule has 108 valence electrons. The van der Waals surface area contributed by atoms with E-state index in [0.717, 1.165) is 35.9 Å². The lowest BCUT2D eigenvalue weighted by Gasteiger charge is -2.24. The molecule has 0 bridgehead atoms. The Balaban J connectivity index is 1.77. The lowest BCUT2D eigenvalue weighted by atomic mass is 10.1. The minimum atomic E-state index is -0.0464. The lowest BCUT2D eigenvalue weighted by molar-refractivity contribution is -0.130. The van der Waals surface area contributed by atoms with Crippen molar-refractivity contribution in [3.05, 3.63) is 34.9 Å². The predicted molar refractivity (Wildman–Crippen MR) is 80.5 cm³/mol. The molecule has 1 aromatic rings. The van der Waals surface area contributed by atoms with Gasteiger partial charge in [-0.15, -0.1) is 0 Å². The van der Waals surface area contributed by atoms with Crippen LogP contribution in [-0.4, -0.2) is 23.4 Å². The summed E-state index contributed by atoms with van der Waals surface area (Å²) in [6, 6.07) is 7.75. The van der Waals surface area contributed by atoms with E-state index in [1.807, 2.05) is 29.2 Å². The Labute approximate surface area is 125 Å². The Kier molecular flexibility index (Phi) is 3.99. The van der Waals surface area contributed by atoms with E-state index in [2.05, 4.69) is 12.2 Å². The number of hydrogen-bond donors (Lipinski definition) is 1. The third kappa shape index (κ3) is 2.84. The van der Waals surface area contributed by atoms with Crippen molar-refractivity contribution in [2.24, 2.45) is 5.92 Å². The number of halogens is 1. The summed E-state index contributed by atoms with van der Waals surface area (Å²) in [5, 5.41) is 4.18. The highest BCUT2D eigenvalue weighted by molar-refractivity contribution is 6.30. The molecule has 20 heavy (non-hydrogen) atoms. The minimum Gasteiger partial charge on any atom is -0.322 e. The van der Waals surface area contributed by atoms with Crippen LogP contribution < -0.4 is 5.32 Å². The fourth-order valence-corrected chi connectivity index (χ4v) is 2.99. The van der Waals surface area contributed by atoms with Crippen molar-refractivity contribution in [1.82, 2.24) is 10.2 Å². The van der Waals surface area contributed by atoms with Gasteiger partial charge in [-0.3, -0.25) is 10.1 Å². The Morgan fingerprint density at radius 2 is 2.00 bits per heavy atom. The zero-order valence-electron chi connectivity index (χ0n) is 11.8. The molecular formula is C16H21ClN2O. The van der Waals surface area contributed by atoms with Crippen LogP contribution in [0.5, 0.6) is 0 Å². The topological polar surface area (TPSA) is 32.3 Å². The summed E-state index contributed by atoms with van der Waals surface area (Å²) < 4.78 is 0. The van der Waals surface area contributed by atoms with Crippen LogP contribution in [0.25, 0.3) is 0 Å². The summed E-state index contributed by atoms with van der Waals surface area (Å²) >= 11 is 5.95. The molecule has 2 unspecified atom stereocenters. The van der Waals surface area contributed by atoms with Gasteiger partial charge in [0, 0.05) is 11.6 Å². The highest BCUT2D eigenvalue weighted by atomic mass is 35.5. The van der Waals surface area contributed by atoms with Crippen LogP contribution in [0.4, 0.5) is 0 Å². The van der Waals surface area contributed by atoms with Gasteiger partial charge in [0.25, 0.3) is 0 Å². The van der Waals surface area contributed by atoms with E-state index in [0.29, 0.717) is 0 Å². The molecule has 1 heterocycles. The molecule has 1 saturated heterocycles. The number of hydrogen-bond acceptors (Lipinski definition) is 2. The molecule has 1 amide bonds. The van der Waals surface area contributed by atoms with Crippen molar-refractivity contribution in [3.63, 3.8) is 0 Å². The molecule has 0 aromatic heterocycles. The van der Waals surface area contributed by atoms with Gasteiger partial charge < -0.3 is 4.90 Å². The van der Waals surface area contributed by atoms with E-state index in [-0.39, 0.29) is 18.1 Å². The summed E-state index contributed by atoms with van der Waals surface area (Å²) in [7, 11) is 0. The number of carbonyl (C=O) groups excluding carboxylic acids is 1. The highest BCUT2D eigenvalue weighted by Gasteiger charge is 2.39. The molecule has 2 atom stereocenters. The maximum atomic E-state index is 12.5. The second-order valence-corrected chi connectivity index (χ2v) is 6.28. The molecule has 2 fully saturated rings. The number of carbonyl (C=O) groups is 1. The first kappa shape index (κ1) is 13.9. The van der Waals surface area contributed by atoms with Crippen LogP contribution in [-0.2, 0) is 4.79 Å². The molecule has 1 aliphatic carbocycles. The molecule has 3 nitrogen and oxygen atoms in total. The van der Waals surface area contributed by atoms with Crippen LogP contribution >= 0.6 is 11.6 Å². The van der Waals surface area contributed by atoms with E-state index in [1.165, 1.54) is 12.8 Å². The monoisotopic (exact) mass is 292 g/mol. The van der Waals surface area contributed by atoms with Crippen LogP contribution in [0.1, 0.15) is 44.3 Å². The number of rotatable bonds is 5. The molecule has 2 aliphatic rings. The SMILES string of the molecule is CCC1NC(c2ccc(Cl)cc2)N(CCC2CC2)C1=O. The maximum absolute atomic E-state index is 12.5. The summed E-state index contributed by atoms with van der Waals surface area (Å²) in [4.78, 5) is 14.5. The zero-order valence-corrected chi connectivity index (χ0v) is 12.6. The molecule has 1 aliphatic heterocycles. The van der Waals surface area contributed by atoms with Gasteiger partial charge in [-0.25, -0.2) is 0 Å². The average molecular weight is 293 g/mol. The molecule has 4 heteroatoms. The molecule has 1 aromatic carbocycles. The van der Waals surface area contributed by atoms with Crippen molar-refractivity contribution >= 4 is 17.5 Å². The van der Waals surface area contributed by atoms with Crippen LogP contribution in [0.15, 0.2) is 24.3 Å². The first-order valence-corrected chi connectivity index (χ1v) is 7.89. The van der Waals surface area contributed by atoms with Gasteiger partial charge in [0.05, 0.1) is 6.04 Å². The average Bonchev–Trinajstić information content (AvgIpc) is 3.22. The zero-order chi connectivity index (χ0) is 14.1. The van der Waals surface area contributed by atoms with E-state index < -0.39 is 0 Å². The second-order valence-electron chi connectivity index (χ2n) is 5.85. The molecule has 0 radical (unpaired) electrons. The van der Waals surface area contributed by atoms with Gasteiger partial charge in [-0.2, -0.15) is 0 Å². The highest BCUT2D eigenvalue weighted by Crippen LogP contribution is 2.34. The first-order chi connectivity index (χ1) is 9.69. The first-order valence-electron chi connectivity index (χ1n) is 7.51. The summed E-state index contributed by atoms with van der Waals surface area (Å²) in [5.41, 5.74) is 1.12. The van der Waals surface area contributed by atoms with E-state index in [4.69, 9.17) is 11.6 Å². The van der Waals surface area contributed by atoms with Crippen molar-refractivity contribution in [3.8, 4) is 0 Å². The molecule has 1 saturated carbocycles. The Morgan fingerprint density at radius 1 is 1.30 bits per heavy atom. The Bertz CT molecular complexity index is 484. The molecule has 1 N–H and O–H groups in total. The molecule has 0 spiro atoms. The summed E-state index contributed by atoms with van der Waals surface area (Å²) in [6.07, 6.45) is 4.64. The second kappa shape index (κ2) is 5.74. The smallest absolute Gasteiger partial charge is 0.241 e. The van der Waals surface area contributed by atoms with Gasteiger partial charge in [-0.1, -0.05) is 43.5 Å². The number of nitrogens with one attached hydrogen (secondary N) is 1. The van der Waals surface area contributed by atoms with Crippen LogP contribution in [0, 0.1) is 5.92 Å². The largest absolute Gasteiger partial charge is 0.322 e. The summed E-state index contributed by atoms with van der Waals surface area (Å²) in [5.74, 6) is 1.09. The predicted octanol–water partition coefficient (Wildman–Crippen LogP) is 3.35. The molecule has 3 rings (SSSR count). The van der Waals surface area contributed by atoms with Crippen molar-refractivity contribution < 1.29 is 4.79 Å². The van der Waals surface area contributed by atoms with Crippen molar-refractivity contribution in [2.75, 3.05) is 6.54 Å². The Morgan fingerprint density at radius 3 is 2.60 bits per heavy atom. The van der Waals surface area contributed by atoms with E-state index in [1.54, 1.807) is 0 Å². The van der Waals surface area contributed by atoms with E-state index >= 15 is 0 Å². The van der Waals surface area contributed by atoms with Gasteiger partial charge in [0.1, 0.15) is 6.17 Å². The van der Waals surface area contributed by atoms with Gasteiger partial charge in [0.2, 0.25) is 5.91 Å². The number of benzene rings is 1. The van der Waals surface area contributed by atoms with Gasteiger partial charge in [0.15, 0.2) is 0 Å². The van der Waals surface area contributed by atoms with Gasteiger partial charge in [-0.05, 0) is 36.5 Å². The maximum Gasteiger partial charge on any atom is 0.241 e. The Hall–Kier alpha value is -1.06. The number of nitrogens with zero attached hydrogens (tertiary/aromatic N) is 1. The quantitative estimate of drug-likeness (QED) is 0.903.